The number of hydrogen-bond acceptors (Lipinski definition) is 2. The minimum Gasteiger partial charge on any atom is -0.370 e. The molecular weight excluding hydrogens is 312 g/mol. The zero-order valence-corrected chi connectivity index (χ0v) is 14.5. The van der Waals surface area contributed by atoms with Crippen LogP contribution in [0.15, 0.2) is 53.5 Å². The lowest BCUT2D eigenvalue weighted by Gasteiger charge is -2.24. The van der Waals surface area contributed by atoms with Crippen LogP contribution in [0.1, 0.15) is 30.4 Å². The number of rotatable bonds is 5. The number of carbonyl (C=O) groups excluding carboxylic acids is 1. The molecule has 5 heteroatoms. The fourth-order valence-electron chi connectivity index (χ4n) is 2.75. The molecule has 0 atom stereocenters. The van der Waals surface area contributed by atoms with Gasteiger partial charge in [0.05, 0.1) is 6.54 Å². The maximum Gasteiger partial charge on any atom is 0.227 e. The van der Waals surface area contributed by atoms with Crippen molar-refractivity contribution in [3.63, 3.8) is 0 Å². The molecule has 130 valence electrons. The van der Waals surface area contributed by atoms with Crippen LogP contribution in [0.2, 0.25) is 0 Å². The fourth-order valence-corrected chi connectivity index (χ4v) is 2.75. The van der Waals surface area contributed by atoms with Crippen molar-refractivity contribution < 1.29 is 4.79 Å². The highest BCUT2D eigenvalue weighted by atomic mass is 16.1. The second kappa shape index (κ2) is 7.83. The van der Waals surface area contributed by atoms with Crippen molar-refractivity contribution in [3.8, 4) is 0 Å². The summed E-state index contributed by atoms with van der Waals surface area (Å²) in [6, 6.07) is 15.7. The van der Waals surface area contributed by atoms with Gasteiger partial charge in [0.2, 0.25) is 5.91 Å². The molecular formula is C20H24N4O. The molecule has 0 bridgehead atoms. The minimum atomic E-state index is 0.118. The Morgan fingerprint density at radius 2 is 1.84 bits per heavy atom. The number of amides is 1. The molecule has 25 heavy (non-hydrogen) atoms. The standard InChI is InChI=1S/C20H24N4O/c1-14-5-2-9-17(11-14)24-20(21)22-13-15-6-3-10-18(12-15)23-19(25)16-7-4-8-16/h2-3,5-6,9-12,16H,4,7-8,13H2,1H3,(H,23,25)(H3,21,22,24). The lowest BCUT2D eigenvalue weighted by Crippen LogP contribution is -2.28. The number of nitrogens with two attached hydrogens (primary N) is 1. The number of aryl methyl sites for hydroxylation is 1. The summed E-state index contributed by atoms with van der Waals surface area (Å²) in [6.07, 6.45) is 3.15. The van der Waals surface area contributed by atoms with Gasteiger partial charge in [0.25, 0.3) is 0 Å². The third-order valence-electron chi connectivity index (χ3n) is 4.39. The van der Waals surface area contributed by atoms with Crippen molar-refractivity contribution in [1.82, 2.24) is 0 Å². The first-order valence-electron chi connectivity index (χ1n) is 8.63. The Labute approximate surface area is 148 Å². The summed E-state index contributed by atoms with van der Waals surface area (Å²) in [5.74, 6) is 0.665. The molecule has 5 nitrogen and oxygen atoms in total. The van der Waals surface area contributed by atoms with Crippen LogP contribution < -0.4 is 16.4 Å². The molecule has 0 heterocycles. The molecule has 2 aromatic rings. The average molecular weight is 336 g/mol. The van der Waals surface area contributed by atoms with E-state index in [1.807, 2.05) is 55.5 Å². The van der Waals surface area contributed by atoms with Gasteiger partial charge in [-0.1, -0.05) is 30.7 Å². The molecule has 0 radical (unpaired) electrons. The Morgan fingerprint density at radius 3 is 2.52 bits per heavy atom. The molecule has 1 saturated carbocycles. The second-order valence-corrected chi connectivity index (χ2v) is 6.51. The van der Waals surface area contributed by atoms with E-state index >= 15 is 0 Å². The van der Waals surface area contributed by atoms with Gasteiger partial charge in [-0.3, -0.25) is 4.79 Å². The Bertz CT molecular complexity index is 781. The number of benzene rings is 2. The normalized spacial score (nSPS) is 14.7. The largest absolute Gasteiger partial charge is 0.370 e. The number of nitrogens with zero attached hydrogens (tertiary/aromatic N) is 1. The Morgan fingerprint density at radius 1 is 1.12 bits per heavy atom. The first-order chi connectivity index (χ1) is 12.1. The summed E-state index contributed by atoms with van der Waals surface area (Å²) < 4.78 is 0. The molecule has 1 fully saturated rings. The second-order valence-electron chi connectivity index (χ2n) is 6.51. The van der Waals surface area contributed by atoms with Gasteiger partial charge in [0, 0.05) is 17.3 Å². The third-order valence-corrected chi connectivity index (χ3v) is 4.39. The van der Waals surface area contributed by atoms with Gasteiger partial charge in [0.15, 0.2) is 5.96 Å². The Hall–Kier alpha value is -2.82. The van der Waals surface area contributed by atoms with Crippen LogP contribution in [0.25, 0.3) is 0 Å². The van der Waals surface area contributed by atoms with Crippen molar-refractivity contribution >= 4 is 23.2 Å². The summed E-state index contributed by atoms with van der Waals surface area (Å²) >= 11 is 0. The molecule has 1 amide bonds. The van der Waals surface area contributed by atoms with Crippen LogP contribution >= 0.6 is 0 Å². The van der Waals surface area contributed by atoms with Gasteiger partial charge in [-0.2, -0.15) is 0 Å². The van der Waals surface area contributed by atoms with Crippen LogP contribution in [0.3, 0.4) is 0 Å². The van der Waals surface area contributed by atoms with E-state index < -0.39 is 0 Å². The first-order valence-corrected chi connectivity index (χ1v) is 8.63. The average Bonchev–Trinajstić information content (AvgIpc) is 2.51. The van der Waals surface area contributed by atoms with E-state index in [4.69, 9.17) is 5.73 Å². The SMILES string of the molecule is Cc1cccc(NC(N)=NCc2cccc(NC(=O)C3CCC3)c2)c1. The predicted molar refractivity (Wildman–Crippen MR) is 103 cm³/mol. The van der Waals surface area contributed by atoms with Crippen LogP contribution in [-0.4, -0.2) is 11.9 Å². The number of anilines is 2. The van der Waals surface area contributed by atoms with Crippen molar-refractivity contribution in [3.05, 3.63) is 59.7 Å². The summed E-state index contributed by atoms with van der Waals surface area (Å²) in [6.45, 7) is 2.49. The highest BCUT2D eigenvalue weighted by Gasteiger charge is 2.25. The van der Waals surface area contributed by atoms with E-state index in [1.165, 1.54) is 0 Å². The van der Waals surface area contributed by atoms with Gasteiger partial charge >= 0.3 is 0 Å². The van der Waals surface area contributed by atoms with E-state index in [9.17, 15) is 4.79 Å². The van der Waals surface area contributed by atoms with Gasteiger partial charge in [-0.15, -0.1) is 0 Å². The molecule has 3 rings (SSSR count). The van der Waals surface area contributed by atoms with E-state index in [0.29, 0.717) is 12.5 Å². The van der Waals surface area contributed by atoms with Crippen molar-refractivity contribution in [1.29, 1.82) is 0 Å². The topological polar surface area (TPSA) is 79.5 Å². The predicted octanol–water partition coefficient (Wildman–Crippen LogP) is 3.66. The zero-order valence-electron chi connectivity index (χ0n) is 14.5. The van der Waals surface area contributed by atoms with Gasteiger partial charge < -0.3 is 16.4 Å². The molecule has 4 N–H and O–H groups in total. The molecule has 0 aliphatic heterocycles. The number of hydrogen-bond donors (Lipinski definition) is 3. The smallest absolute Gasteiger partial charge is 0.227 e. The van der Waals surface area contributed by atoms with E-state index in [-0.39, 0.29) is 11.8 Å². The molecule has 0 unspecified atom stereocenters. The number of carbonyl (C=O) groups is 1. The van der Waals surface area contributed by atoms with E-state index in [1.54, 1.807) is 0 Å². The molecule has 1 aliphatic rings. The van der Waals surface area contributed by atoms with E-state index in [2.05, 4.69) is 15.6 Å². The first kappa shape index (κ1) is 17.0. The van der Waals surface area contributed by atoms with Crippen LogP contribution in [-0.2, 0) is 11.3 Å². The summed E-state index contributed by atoms with van der Waals surface area (Å²) in [7, 11) is 0. The molecule has 0 spiro atoms. The molecule has 1 aliphatic carbocycles. The van der Waals surface area contributed by atoms with Crippen molar-refractivity contribution in [2.75, 3.05) is 10.6 Å². The summed E-state index contributed by atoms with van der Waals surface area (Å²) in [4.78, 5) is 16.4. The Balaban J connectivity index is 1.58. The molecule has 0 saturated heterocycles. The van der Waals surface area contributed by atoms with Gasteiger partial charge in [-0.25, -0.2) is 4.99 Å². The molecule has 2 aromatic carbocycles. The monoisotopic (exact) mass is 336 g/mol. The fraction of sp³-hybridized carbons (Fsp3) is 0.300. The van der Waals surface area contributed by atoms with Crippen molar-refractivity contribution in [2.24, 2.45) is 16.6 Å². The molecule has 0 aromatic heterocycles. The summed E-state index contributed by atoms with van der Waals surface area (Å²) in [5, 5.41) is 6.07. The van der Waals surface area contributed by atoms with Crippen molar-refractivity contribution in [2.45, 2.75) is 32.7 Å². The third kappa shape index (κ3) is 4.83. The Kier molecular flexibility index (Phi) is 5.33. The quantitative estimate of drug-likeness (QED) is 0.576. The zero-order chi connectivity index (χ0) is 17.6. The maximum atomic E-state index is 12.0. The van der Waals surface area contributed by atoms with Gasteiger partial charge in [0.1, 0.15) is 0 Å². The highest BCUT2D eigenvalue weighted by molar-refractivity contribution is 5.93. The minimum absolute atomic E-state index is 0.118. The lowest BCUT2D eigenvalue weighted by atomic mass is 9.85. The maximum absolute atomic E-state index is 12.0. The lowest BCUT2D eigenvalue weighted by molar-refractivity contribution is -0.122. The number of guanidine groups is 1. The van der Waals surface area contributed by atoms with Crippen LogP contribution in [0.5, 0.6) is 0 Å². The van der Waals surface area contributed by atoms with E-state index in [0.717, 1.165) is 41.8 Å². The highest BCUT2D eigenvalue weighted by Crippen LogP contribution is 2.27. The van der Waals surface area contributed by atoms with Gasteiger partial charge in [-0.05, 0) is 55.2 Å². The number of aliphatic imine (C=N–C) groups is 1. The number of nitrogens with one attached hydrogen (secondary N) is 2. The summed E-state index contributed by atoms with van der Waals surface area (Å²) in [5.41, 5.74) is 9.85. The van der Waals surface area contributed by atoms with Crippen LogP contribution in [0, 0.1) is 12.8 Å². The van der Waals surface area contributed by atoms with Crippen LogP contribution in [0.4, 0.5) is 11.4 Å².